The van der Waals surface area contributed by atoms with Crippen molar-refractivity contribution in [2.24, 2.45) is 5.10 Å². The number of nitrogens with zero attached hydrogens (tertiary/aromatic N) is 2. The topological polar surface area (TPSA) is 79.4 Å². The first-order chi connectivity index (χ1) is 12.2. The molecule has 0 fully saturated rings. The van der Waals surface area contributed by atoms with Crippen molar-refractivity contribution in [2.75, 3.05) is 7.11 Å². The van der Waals surface area contributed by atoms with Gasteiger partial charge in [-0.2, -0.15) is 10.2 Å². The molecule has 1 aromatic heterocycles. The normalized spacial score (nSPS) is 10.8. The van der Waals surface area contributed by atoms with Crippen LogP contribution in [-0.2, 0) is 0 Å². The summed E-state index contributed by atoms with van der Waals surface area (Å²) in [6.45, 7) is 0. The van der Waals surface area contributed by atoms with Gasteiger partial charge in [0.1, 0.15) is 17.3 Å². The molecule has 126 valence electrons. The molecule has 3 aromatic rings. The smallest absolute Gasteiger partial charge is 0.289 e. The second-order valence-corrected chi connectivity index (χ2v) is 5.12. The van der Waals surface area contributed by atoms with Crippen molar-refractivity contribution in [1.29, 1.82) is 0 Å². The number of hydrogen-bond acceptors (Lipinski definition) is 4. The fourth-order valence-corrected chi connectivity index (χ4v) is 2.21. The van der Waals surface area contributed by atoms with Gasteiger partial charge in [0.05, 0.1) is 19.0 Å². The van der Waals surface area contributed by atoms with Crippen LogP contribution in [0.1, 0.15) is 16.1 Å². The number of rotatable bonds is 5. The van der Waals surface area contributed by atoms with Crippen LogP contribution in [0.3, 0.4) is 0 Å². The highest BCUT2D eigenvalue weighted by atomic mass is 19.1. The van der Waals surface area contributed by atoms with Crippen molar-refractivity contribution in [1.82, 2.24) is 15.6 Å². The first-order valence-electron chi connectivity index (χ1n) is 7.45. The molecule has 2 aromatic carbocycles. The molecule has 3 rings (SSSR count). The molecule has 0 atom stereocenters. The Hall–Kier alpha value is -3.48. The molecule has 0 aliphatic heterocycles. The largest absolute Gasteiger partial charge is 0.496 e. The van der Waals surface area contributed by atoms with Crippen LogP contribution in [-0.4, -0.2) is 29.4 Å². The van der Waals surface area contributed by atoms with E-state index in [1.165, 1.54) is 18.3 Å². The minimum absolute atomic E-state index is 0.261. The summed E-state index contributed by atoms with van der Waals surface area (Å²) in [5, 5.41) is 10.6. The lowest BCUT2D eigenvalue weighted by atomic mass is 10.1. The third-order valence-corrected chi connectivity index (χ3v) is 3.46. The van der Waals surface area contributed by atoms with Crippen LogP contribution in [0, 0.1) is 5.82 Å². The lowest BCUT2D eigenvalue weighted by molar-refractivity contribution is 0.0950. The van der Waals surface area contributed by atoms with Gasteiger partial charge < -0.3 is 4.74 Å². The molecule has 0 aliphatic rings. The standard InChI is InChI=1S/C18H15FN4O2/c1-25-17-5-3-2-4-14(17)15-10-16(22-21-15)18(24)23-20-11-12-6-8-13(19)9-7-12/h2-11H,1H3,(H,21,22)(H,23,24). The zero-order chi connectivity index (χ0) is 17.6. The van der Waals surface area contributed by atoms with E-state index in [4.69, 9.17) is 4.74 Å². The number of hydrazone groups is 1. The Bertz CT molecular complexity index is 903. The van der Waals surface area contributed by atoms with Gasteiger partial charge in [-0.15, -0.1) is 0 Å². The number of ether oxygens (including phenoxy) is 1. The number of methoxy groups -OCH3 is 1. The fraction of sp³-hybridized carbons (Fsp3) is 0.0556. The first kappa shape index (κ1) is 16.4. The van der Waals surface area contributed by atoms with Gasteiger partial charge >= 0.3 is 0 Å². The summed E-state index contributed by atoms with van der Waals surface area (Å²) in [6, 6.07) is 14.7. The van der Waals surface area contributed by atoms with E-state index in [1.807, 2.05) is 24.3 Å². The summed E-state index contributed by atoms with van der Waals surface area (Å²) in [4.78, 5) is 12.1. The number of aromatic nitrogens is 2. The summed E-state index contributed by atoms with van der Waals surface area (Å²) in [5.74, 6) is -0.107. The highest BCUT2D eigenvalue weighted by Crippen LogP contribution is 2.28. The predicted octanol–water partition coefficient (Wildman–Crippen LogP) is 2.99. The summed E-state index contributed by atoms with van der Waals surface area (Å²) in [6.07, 6.45) is 1.43. The predicted molar refractivity (Wildman–Crippen MR) is 92.0 cm³/mol. The molecular formula is C18H15FN4O2. The molecule has 1 amide bonds. The number of para-hydroxylation sites is 1. The van der Waals surface area contributed by atoms with Crippen molar-refractivity contribution >= 4 is 12.1 Å². The van der Waals surface area contributed by atoms with Gasteiger partial charge in [0.2, 0.25) is 0 Å². The van der Waals surface area contributed by atoms with Gasteiger partial charge in [0.25, 0.3) is 5.91 Å². The van der Waals surface area contributed by atoms with Gasteiger partial charge in [-0.3, -0.25) is 9.89 Å². The van der Waals surface area contributed by atoms with Gasteiger partial charge in [-0.25, -0.2) is 9.82 Å². The van der Waals surface area contributed by atoms with E-state index in [9.17, 15) is 9.18 Å². The average Bonchev–Trinajstić information content (AvgIpc) is 3.13. The van der Waals surface area contributed by atoms with Crippen LogP contribution in [0.25, 0.3) is 11.3 Å². The zero-order valence-electron chi connectivity index (χ0n) is 13.4. The minimum atomic E-state index is -0.438. The number of benzene rings is 2. The number of H-pyrrole nitrogens is 1. The Morgan fingerprint density at radius 1 is 1.24 bits per heavy atom. The zero-order valence-corrected chi connectivity index (χ0v) is 13.4. The van der Waals surface area contributed by atoms with E-state index < -0.39 is 5.91 Å². The van der Waals surface area contributed by atoms with E-state index in [0.29, 0.717) is 17.0 Å². The Kier molecular flexibility index (Phi) is 4.84. The van der Waals surface area contributed by atoms with Crippen molar-refractivity contribution in [3.8, 4) is 17.0 Å². The number of amides is 1. The molecule has 0 bridgehead atoms. The third kappa shape index (κ3) is 3.89. The maximum absolute atomic E-state index is 12.8. The second kappa shape index (κ2) is 7.39. The molecule has 25 heavy (non-hydrogen) atoms. The Labute approximate surface area is 143 Å². The lowest BCUT2D eigenvalue weighted by Crippen LogP contribution is -2.17. The lowest BCUT2D eigenvalue weighted by Gasteiger charge is -2.04. The van der Waals surface area contributed by atoms with Crippen LogP contribution in [0.15, 0.2) is 59.7 Å². The van der Waals surface area contributed by atoms with Gasteiger partial charge in [0.15, 0.2) is 0 Å². The number of halogens is 1. The van der Waals surface area contributed by atoms with Gasteiger partial charge in [-0.05, 0) is 35.9 Å². The van der Waals surface area contributed by atoms with Crippen molar-refractivity contribution in [3.63, 3.8) is 0 Å². The molecule has 0 unspecified atom stereocenters. The maximum atomic E-state index is 12.8. The van der Waals surface area contributed by atoms with E-state index in [0.717, 1.165) is 5.56 Å². The fourth-order valence-electron chi connectivity index (χ4n) is 2.21. The van der Waals surface area contributed by atoms with Crippen molar-refractivity contribution in [2.45, 2.75) is 0 Å². The Morgan fingerprint density at radius 3 is 2.76 bits per heavy atom. The number of nitrogens with one attached hydrogen (secondary N) is 2. The van der Waals surface area contributed by atoms with E-state index in [2.05, 4.69) is 20.7 Å². The van der Waals surface area contributed by atoms with Crippen LogP contribution >= 0.6 is 0 Å². The molecule has 7 heteroatoms. The van der Waals surface area contributed by atoms with Crippen LogP contribution < -0.4 is 10.2 Å². The SMILES string of the molecule is COc1ccccc1-c1cc(C(=O)NN=Cc2ccc(F)cc2)[nH]n1. The highest BCUT2D eigenvalue weighted by Gasteiger charge is 2.13. The monoisotopic (exact) mass is 338 g/mol. The molecular weight excluding hydrogens is 323 g/mol. The third-order valence-electron chi connectivity index (χ3n) is 3.46. The molecule has 0 radical (unpaired) electrons. The molecule has 0 aliphatic carbocycles. The number of aromatic amines is 1. The second-order valence-electron chi connectivity index (χ2n) is 5.12. The van der Waals surface area contributed by atoms with Crippen molar-refractivity contribution < 1.29 is 13.9 Å². The van der Waals surface area contributed by atoms with Gasteiger partial charge in [0, 0.05) is 5.56 Å². The highest BCUT2D eigenvalue weighted by molar-refractivity contribution is 5.94. The number of hydrogen-bond donors (Lipinski definition) is 2. The maximum Gasteiger partial charge on any atom is 0.289 e. The van der Waals surface area contributed by atoms with Gasteiger partial charge in [-0.1, -0.05) is 24.3 Å². The molecule has 0 saturated carbocycles. The number of carbonyl (C=O) groups excluding carboxylic acids is 1. The van der Waals surface area contributed by atoms with Crippen molar-refractivity contribution in [3.05, 3.63) is 71.7 Å². The molecule has 1 heterocycles. The minimum Gasteiger partial charge on any atom is -0.496 e. The molecule has 6 nitrogen and oxygen atoms in total. The Morgan fingerprint density at radius 2 is 2.00 bits per heavy atom. The Balaban J connectivity index is 1.69. The van der Waals surface area contributed by atoms with Crippen LogP contribution in [0.5, 0.6) is 5.75 Å². The van der Waals surface area contributed by atoms with Crippen LogP contribution in [0.4, 0.5) is 4.39 Å². The molecule has 0 saturated heterocycles. The van der Waals surface area contributed by atoms with E-state index in [1.54, 1.807) is 25.3 Å². The average molecular weight is 338 g/mol. The summed E-state index contributed by atoms with van der Waals surface area (Å²) in [5.41, 5.74) is 4.68. The summed E-state index contributed by atoms with van der Waals surface area (Å²) >= 11 is 0. The quantitative estimate of drug-likeness (QED) is 0.554. The van der Waals surface area contributed by atoms with E-state index in [-0.39, 0.29) is 11.5 Å². The first-order valence-corrected chi connectivity index (χ1v) is 7.45. The number of carbonyl (C=O) groups is 1. The van der Waals surface area contributed by atoms with Crippen LogP contribution in [0.2, 0.25) is 0 Å². The summed E-state index contributed by atoms with van der Waals surface area (Å²) in [7, 11) is 1.57. The molecule has 0 spiro atoms. The molecule has 2 N–H and O–H groups in total. The van der Waals surface area contributed by atoms with E-state index >= 15 is 0 Å². The summed E-state index contributed by atoms with van der Waals surface area (Å²) < 4.78 is 18.1.